The molecule has 92 valence electrons. The molecule has 0 spiro atoms. The number of benzene rings is 1. The summed E-state index contributed by atoms with van der Waals surface area (Å²) in [6, 6.07) is 8.83. The van der Waals surface area contributed by atoms with Crippen molar-refractivity contribution in [2.45, 2.75) is 26.1 Å². The highest BCUT2D eigenvalue weighted by Crippen LogP contribution is 2.06. The lowest BCUT2D eigenvalue weighted by atomic mass is 10.3. The van der Waals surface area contributed by atoms with Gasteiger partial charge in [-0.25, -0.2) is 4.79 Å². The molecule has 0 unspecified atom stereocenters. The molecule has 1 rings (SSSR count). The fourth-order valence-electron chi connectivity index (χ4n) is 1.09. The van der Waals surface area contributed by atoms with E-state index in [-0.39, 0.29) is 0 Å². The summed E-state index contributed by atoms with van der Waals surface area (Å²) in [6.45, 7) is 2.72. The molecular formula is C12H15NO4. The number of ether oxygens (including phenoxy) is 1. The first-order chi connectivity index (χ1) is 8.00. The quantitative estimate of drug-likeness (QED) is 0.764. The van der Waals surface area contributed by atoms with E-state index in [0.717, 1.165) is 0 Å². The highest BCUT2D eigenvalue weighted by atomic mass is 16.6. The third-order valence-corrected chi connectivity index (χ3v) is 2.04. The fourth-order valence-corrected chi connectivity index (χ4v) is 1.09. The first-order valence-corrected chi connectivity index (χ1v) is 5.25. The van der Waals surface area contributed by atoms with E-state index in [9.17, 15) is 9.59 Å². The van der Waals surface area contributed by atoms with Crippen molar-refractivity contribution in [3.63, 3.8) is 0 Å². The maximum Gasteiger partial charge on any atom is 0.335 e. The summed E-state index contributed by atoms with van der Waals surface area (Å²) in [4.78, 5) is 22.7. The predicted octanol–water partition coefficient (Wildman–Crippen LogP) is 0.938. The monoisotopic (exact) mass is 237 g/mol. The molecule has 0 fully saturated rings. The van der Waals surface area contributed by atoms with Gasteiger partial charge in [-0.15, -0.1) is 0 Å². The number of anilines is 1. The number of aliphatic hydroxyl groups excluding tert-OH is 1. The maximum absolute atomic E-state index is 11.6. The molecule has 0 saturated heterocycles. The van der Waals surface area contributed by atoms with E-state index in [0.29, 0.717) is 5.69 Å². The molecule has 0 aliphatic carbocycles. The average Bonchev–Trinajstić information content (AvgIpc) is 2.29. The zero-order chi connectivity index (χ0) is 12.8. The van der Waals surface area contributed by atoms with Crippen LogP contribution >= 0.6 is 0 Å². The Bertz CT molecular complexity index is 389. The van der Waals surface area contributed by atoms with E-state index in [1.165, 1.54) is 13.8 Å². The number of aliphatic hydroxyl groups is 1. The highest BCUT2D eigenvalue weighted by Gasteiger charge is 2.20. The van der Waals surface area contributed by atoms with Crippen LogP contribution in [-0.4, -0.2) is 29.2 Å². The van der Waals surface area contributed by atoms with Crippen molar-refractivity contribution in [2.75, 3.05) is 5.32 Å². The Morgan fingerprint density at radius 3 is 2.35 bits per heavy atom. The van der Waals surface area contributed by atoms with Gasteiger partial charge in [0.05, 0.1) is 0 Å². The van der Waals surface area contributed by atoms with E-state index in [1.54, 1.807) is 24.3 Å². The number of hydrogen-bond donors (Lipinski definition) is 2. The number of carbonyl (C=O) groups excluding carboxylic acids is 2. The Morgan fingerprint density at radius 1 is 1.24 bits per heavy atom. The summed E-state index contributed by atoms with van der Waals surface area (Å²) in [7, 11) is 0. The molecule has 5 nitrogen and oxygen atoms in total. The summed E-state index contributed by atoms with van der Waals surface area (Å²) >= 11 is 0. The van der Waals surface area contributed by atoms with Gasteiger partial charge in [-0.1, -0.05) is 18.2 Å². The highest BCUT2D eigenvalue weighted by molar-refractivity contribution is 5.95. The zero-order valence-corrected chi connectivity index (χ0v) is 9.71. The lowest BCUT2D eigenvalue weighted by Crippen LogP contribution is -2.33. The van der Waals surface area contributed by atoms with Crippen LogP contribution in [0.2, 0.25) is 0 Å². The zero-order valence-electron chi connectivity index (χ0n) is 9.71. The molecule has 2 N–H and O–H groups in total. The third-order valence-electron chi connectivity index (χ3n) is 2.04. The lowest BCUT2D eigenvalue weighted by molar-refractivity contribution is -0.160. The molecule has 0 bridgehead atoms. The fraction of sp³-hybridized carbons (Fsp3) is 0.333. The molecule has 5 heteroatoms. The van der Waals surface area contributed by atoms with Crippen LogP contribution in [0.25, 0.3) is 0 Å². The first-order valence-electron chi connectivity index (χ1n) is 5.25. The minimum atomic E-state index is -1.23. The van der Waals surface area contributed by atoms with Crippen molar-refractivity contribution in [1.82, 2.24) is 0 Å². The van der Waals surface area contributed by atoms with Gasteiger partial charge in [-0.2, -0.15) is 0 Å². The standard InChI is InChI=1S/C12H15NO4/c1-8(14)12(16)17-9(2)11(15)13-10-6-4-3-5-7-10/h3-9,14H,1-2H3,(H,13,15)/t8-,9-/m0/s1. The minimum absolute atomic E-state index is 0.440. The largest absolute Gasteiger partial charge is 0.451 e. The molecule has 0 radical (unpaired) electrons. The minimum Gasteiger partial charge on any atom is -0.451 e. The van der Waals surface area contributed by atoms with Gasteiger partial charge in [-0.05, 0) is 26.0 Å². The van der Waals surface area contributed by atoms with Gasteiger partial charge in [0.2, 0.25) is 0 Å². The van der Waals surface area contributed by atoms with Crippen molar-refractivity contribution in [3.8, 4) is 0 Å². The van der Waals surface area contributed by atoms with Crippen molar-refractivity contribution in [1.29, 1.82) is 0 Å². The van der Waals surface area contributed by atoms with Crippen LogP contribution in [0, 0.1) is 0 Å². The van der Waals surface area contributed by atoms with E-state index >= 15 is 0 Å². The van der Waals surface area contributed by atoms with Gasteiger partial charge in [0, 0.05) is 5.69 Å². The van der Waals surface area contributed by atoms with Crippen molar-refractivity contribution in [3.05, 3.63) is 30.3 Å². The summed E-state index contributed by atoms with van der Waals surface area (Å²) in [6.07, 6.45) is -2.18. The number of nitrogens with one attached hydrogen (secondary N) is 1. The molecular weight excluding hydrogens is 222 g/mol. The van der Waals surface area contributed by atoms with Gasteiger partial charge in [0.15, 0.2) is 6.10 Å². The lowest BCUT2D eigenvalue weighted by Gasteiger charge is -2.14. The Hall–Kier alpha value is -1.88. The van der Waals surface area contributed by atoms with Gasteiger partial charge < -0.3 is 15.2 Å². The van der Waals surface area contributed by atoms with Gasteiger partial charge in [0.25, 0.3) is 5.91 Å². The Kier molecular flexibility index (Phi) is 4.66. The third kappa shape index (κ3) is 4.24. The Balaban J connectivity index is 2.51. The second kappa shape index (κ2) is 6.00. The second-order valence-electron chi connectivity index (χ2n) is 3.61. The van der Waals surface area contributed by atoms with Crippen molar-refractivity contribution in [2.24, 2.45) is 0 Å². The normalized spacial score (nSPS) is 13.6. The van der Waals surface area contributed by atoms with E-state index in [4.69, 9.17) is 9.84 Å². The van der Waals surface area contributed by atoms with E-state index in [1.807, 2.05) is 6.07 Å². The molecule has 0 aliphatic rings. The smallest absolute Gasteiger partial charge is 0.335 e. The van der Waals surface area contributed by atoms with E-state index in [2.05, 4.69) is 5.32 Å². The van der Waals surface area contributed by atoms with Crippen LogP contribution < -0.4 is 5.32 Å². The molecule has 17 heavy (non-hydrogen) atoms. The van der Waals surface area contributed by atoms with Crippen LogP contribution in [0.1, 0.15) is 13.8 Å². The number of para-hydroxylation sites is 1. The first kappa shape index (κ1) is 13.2. The van der Waals surface area contributed by atoms with Gasteiger partial charge >= 0.3 is 5.97 Å². The van der Waals surface area contributed by atoms with Crippen molar-refractivity contribution < 1.29 is 19.4 Å². The number of hydrogen-bond acceptors (Lipinski definition) is 4. The summed E-state index contributed by atoms with van der Waals surface area (Å²) in [5.74, 6) is -1.26. The molecule has 0 saturated carbocycles. The summed E-state index contributed by atoms with van der Waals surface area (Å²) < 4.78 is 4.74. The molecule has 0 heterocycles. The van der Waals surface area contributed by atoms with Gasteiger partial charge in [-0.3, -0.25) is 4.79 Å². The Morgan fingerprint density at radius 2 is 1.82 bits per heavy atom. The van der Waals surface area contributed by atoms with Crippen LogP contribution in [0.4, 0.5) is 5.69 Å². The van der Waals surface area contributed by atoms with Crippen LogP contribution in [0.5, 0.6) is 0 Å². The maximum atomic E-state index is 11.6. The van der Waals surface area contributed by atoms with Crippen LogP contribution in [0.15, 0.2) is 30.3 Å². The van der Waals surface area contributed by atoms with E-state index < -0.39 is 24.1 Å². The average molecular weight is 237 g/mol. The number of amides is 1. The van der Waals surface area contributed by atoms with Crippen LogP contribution in [0.3, 0.4) is 0 Å². The SMILES string of the molecule is C[C@H](O)C(=O)O[C@@H](C)C(=O)Nc1ccccc1. The second-order valence-corrected chi connectivity index (χ2v) is 3.61. The summed E-state index contributed by atoms with van der Waals surface area (Å²) in [5, 5.41) is 11.5. The predicted molar refractivity (Wildman–Crippen MR) is 62.3 cm³/mol. The molecule has 2 atom stereocenters. The summed E-state index contributed by atoms with van der Waals surface area (Å²) in [5.41, 5.74) is 0.623. The molecule has 1 aromatic carbocycles. The molecule has 1 amide bonds. The number of rotatable bonds is 4. The topological polar surface area (TPSA) is 75.6 Å². The number of carbonyl (C=O) groups is 2. The molecule has 1 aromatic rings. The molecule has 0 aromatic heterocycles. The number of esters is 1. The molecule has 0 aliphatic heterocycles. The van der Waals surface area contributed by atoms with Gasteiger partial charge in [0.1, 0.15) is 6.10 Å². The Labute approximate surface area is 99.4 Å². The van der Waals surface area contributed by atoms with Crippen LogP contribution in [-0.2, 0) is 14.3 Å². The van der Waals surface area contributed by atoms with Crippen molar-refractivity contribution >= 4 is 17.6 Å².